The summed E-state index contributed by atoms with van der Waals surface area (Å²) in [6.07, 6.45) is 2.11. The highest BCUT2D eigenvalue weighted by molar-refractivity contribution is 6.31. The maximum Gasteiger partial charge on any atom is 0.255 e. The quantitative estimate of drug-likeness (QED) is 0.543. The van der Waals surface area contributed by atoms with Crippen molar-refractivity contribution < 1.29 is 18.3 Å². The van der Waals surface area contributed by atoms with Crippen molar-refractivity contribution in [3.63, 3.8) is 0 Å². The molecule has 34 heavy (non-hydrogen) atoms. The Balaban J connectivity index is 1.53. The van der Waals surface area contributed by atoms with Crippen LogP contribution in [0.3, 0.4) is 0 Å². The van der Waals surface area contributed by atoms with Gasteiger partial charge in [0.2, 0.25) is 0 Å². The molecule has 1 unspecified atom stereocenters. The summed E-state index contributed by atoms with van der Waals surface area (Å²) in [5, 5.41) is -0.350. The number of nitrogens with two attached hydrogens (primary N) is 1. The molecule has 1 aromatic carbocycles. The molecule has 7 nitrogen and oxygen atoms in total. The molecule has 0 aliphatic carbocycles. The maximum absolute atomic E-state index is 14.3. The fraction of sp³-hybridized carbons (Fsp3) is 0.292. The molecule has 3 aromatic rings. The number of benzene rings is 1. The normalized spacial score (nSPS) is 15.3. The first kappa shape index (κ1) is 23.8. The van der Waals surface area contributed by atoms with Crippen LogP contribution >= 0.6 is 11.6 Å². The Labute approximate surface area is 201 Å². The lowest BCUT2D eigenvalue weighted by Crippen LogP contribution is -2.47. The fourth-order valence-corrected chi connectivity index (χ4v) is 4.04. The topological polar surface area (TPSA) is 84.6 Å². The second kappa shape index (κ2) is 9.90. The van der Waals surface area contributed by atoms with Crippen molar-refractivity contribution >= 4 is 23.3 Å². The summed E-state index contributed by atoms with van der Waals surface area (Å²) < 4.78 is 33.9. The molecule has 1 aliphatic heterocycles. The number of piperazine rings is 1. The van der Waals surface area contributed by atoms with Gasteiger partial charge in [-0.15, -0.1) is 0 Å². The zero-order valence-electron chi connectivity index (χ0n) is 18.8. The van der Waals surface area contributed by atoms with Gasteiger partial charge in [-0.2, -0.15) is 0 Å². The van der Waals surface area contributed by atoms with Crippen LogP contribution in [-0.4, -0.2) is 58.9 Å². The zero-order valence-corrected chi connectivity index (χ0v) is 19.5. The van der Waals surface area contributed by atoms with E-state index in [0.29, 0.717) is 29.9 Å². The van der Waals surface area contributed by atoms with Gasteiger partial charge in [0.15, 0.2) is 11.6 Å². The van der Waals surface area contributed by atoms with Crippen molar-refractivity contribution in [2.24, 2.45) is 0 Å². The van der Waals surface area contributed by atoms with E-state index in [0.717, 1.165) is 25.2 Å². The first-order valence-electron chi connectivity index (χ1n) is 10.7. The average molecular weight is 488 g/mol. The van der Waals surface area contributed by atoms with Crippen molar-refractivity contribution in [3.8, 4) is 17.0 Å². The molecule has 2 N–H and O–H groups in total. The lowest BCUT2D eigenvalue weighted by atomic mass is 10.1. The minimum atomic E-state index is -0.931. The number of nitrogens with zero attached hydrogens (tertiary/aromatic N) is 4. The fourth-order valence-electron chi connectivity index (χ4n) is 3.74. The van der Waals surface area contributed by atoms with Crippen molar-refractivity contribution in [2.45, 2.75) is 13.0 Å². The summed E-state index contributed by atoms with van der Waals surface area (Å²) in [5.41, 5.74) is 7.46. The molecular weight excluding hydrogens is 464 g/mol. The number of pyridine rings is 2. The van der Waals surface area contributed by atoms with Gasteiger partial charge in [0.1, 0.15) is 17.7 Å². The zero-order chi connectivity index (χ0) is 24.4. The minimum absolute atomic E-state index is 0.0607. The number of amides is 1. The molecule has 4 rings (SSSR count). The Bertz CT molecular complexity index is 1200. The van der Waals surface area contributed by atoms with E-state index in [1.165, 1.54) is 19.3 Å². The summed E-state index contributed by atoms with van der Waals surface area (Å²) in [4.78, 5) is 25.3. The van der Waals surface area contributed by atoms with E-state index in [-0.39, 0.29) is 28.1 Å². The number of anilines is 1. The molecule has 178 valence electrons. The van der Waals surface area contributed by atoms with Gasteiger partial charge in [-0.05, 0) is 44.3 Å². The standard InChI is InChI=1S/C24H24ClF2N5O2/c1-14(21-17(26)4-5-18(27)22(21)25)34-20-11-16(13-30-23(20)28)19-6-3-15(12-29-19)24(33)32-9-7-31(2)8-10-32/h3-6,11-14H,7-10H2,1-2H3,(H2,28,30). The van der Waals surface area contributed by atoms with Gasteiger partial charge in [0.25, 0.3) is 5.91 Å². The molecule has 10 heteroatoms. The Morgan fingerprint density at radius 1 is 1.09 bits per heavy atom. The summed E-state index contributed by atoms with van der Waals surface area (Å²) >= 11 is 5.94. The number of carbonyl (C=O) groups excluding carboxylic acids is 1. The molecule has 1 amide bonds. The third kappa shape index (κ3) is 4.95. The van der Waals surface area contributed by atoms with Crippen LogP contribution in [0, 0.1) is 11.6 Å². The Morgan fingerprint density at radius 2 is 1.79 bits per heavy atom. The third-order valence-corrected chi connectivity index (χ3v) is 6.15. The Kier molecular flexibility index (Phi) is 6.95. The Hall–Kier alpha value is -3.30. The largest absolute Gasteiger partial charge is 0.482 e. The lowest BCUT2D eigenvalue weighted by molar-refractivity contribution is 0.0663. The molecule has 0 saturated carbocycles. The molecule has 0 radical (unpaired) electrons. The molecule has 2 aromatic heterocycles. The second-order valence-electron chi connectivity index (χ2n) is 8.15. The molecule has 1 aliphatic rings. The van der Waals surface area contributed by atoms with E-state index >= 15 is 0 Å². The van der Waals surface area contributed by atoms with Crippen LogP contribution in [0.15, 0.2) is 42.7 Å². The predicted octanol–water partition coefficient (Wildman–Crippen LogP) is 4.19. The van der Waals surface area contributed by atoms with Crippen molar-refractivity contribution in [1.29, 1.82) is 0 Å². The van der Waals surface area contributed by atoms with Gasteiger partial charge in [-0.25, -0.2) is 13.8 Å². The summed E-state index contributed by atoms with van der Waals surface area (Å²) in [7, 11) is 2.03. The second-order valence-corrected chi connectivity index (χ2v) is 8.53. The molecule has 1 saturated heterocycles. The SMILES string of the molecule is CC(Oc1cc(-c2ccc(C(=O)N3CCN(C)CC3)cn2)cnc1N)c1c(F)ccc(F)c1Cl. The Morgan fingerprint density at radius 3 is 2.47 bits per heavy atom. The van der Waals surface area contributed by atoms with Gasteiger partial charge in [0.05, 0.1) is 16.3 Å². The summed E-state index contributed by atoms with van der Waals surface area (Å²) in [6.45, 7) is 4.55. The van der Waals surface area contributed by atoms with Gasteiger partial charge in [-0.1, -0.05) is 11.6 Å². The number of nitrogen functional groups attached to an aromatic ring is 1. The van der Waals surface area contributed by atoms with E-state index < -0.39 is 17.7 Å². The van der Waals surface area contributed by atoms with Crippen LogP contribution in [0.4, 0.5) is 14.6 Å². The van der Waals surface area contributed by atoms with Gasteiger partial charge in [0, 0.05) is 49.7 Å². The number of carbonyl (C=O) groups is 1. The number of ether oxygens (including phenoxy) is 1. The highest BCUT2D eigenvalue weighted by atomic mass is 35.5. The van der Waals surface area contributed by atoms with E-state index in [1.54, 1.807) is 18.2 Å². The van der Waals surface area contributed by atoms with E-state index in [4.69, 9.17) is 22.1 Å². The first-order valence-corrected chi connectivity index (χ1v) is 11.1. The number of hydrogen-bond acceptors (Lipinski definition) is 6. The maximum atomic E-state index is 14.3. The van der Waals surface area contributed by atoms with Crippen molar-refractivity contribution in [1.82, 2.24) is 19.8 Å². The van der Waals surface area contributed by atoms with Crippen molar-refractivity contribution in [3.05, 3.63) is 70.5 Å². The van der Waals surface area contributed by atoms with Crippen LogP contribution in [0.2, 0.25) is 5.02 Å². The molecule has 1 atom stereocenters. The van der Waals surface area contributed by atoms with E-state index in [2.05, 4.69) is 14.9 Å². The molecule has 1 fully saturated rings. The van der Waals surface area contributed by atoms with Gasteiger partial charge >= 0.3 is 0 Å². The predicted molar refractivity (Wildman–Crippen MR) is 126 cm³/mol. The van der Waals surface area contributed by atoms with Crippen LogP contribution in [0.5, 0.6) is 5.75 Å². The van der Waals surface area contributed by atoms with Crippen LogP contribution in [0.1, 0.15) is 28.9 Å². The van der Waals surface area contributed by atoms with Crippen LogP contribution in [0.25, 0.3) is 11.3 Å². The average Bonchev–Trinajstić information content (AvgIpc) is 2.83. The minimum Gasteiger partial charge on any atom is -0.482 e. The molecular formula is C24H24ClF2N5O2. The number of halogens is 3. The van der Waals surface area contributed by atoms with E-state index in [1.807, 2.05) is 11.9 Å². The number of likely N-dealkylation sites (N-methyl/N-ethyl adjacent to an activating group) is 1. The number of rotatable bonds is 5. The van der Waals surface area contributed by atoms with Crippen LogP contribution < -0.4 is 10.5 Å². The molecule has 0 bridgehead atoms. The van der Waals surface area contributed by atoms with E-state index in [9.17, 15) is 13.6 Å². The number of aromatic nitrogens is 2. The first-order chi connectivity index (χ1) is 16.2. The third-order valence-electron chi connectivity index (χ3n) is 5.77. The van der Waals surface area contributed by atoms with Gasteiger partial charge in [-0.3, -0.25) is 9.78 Å². The van der Waals surface area contributed by atoms with Crippen LogP contribution in [-0.2, 0) is 0 Å². The molecule has 3 heterocycles. The highest BCUT2D eigenvalue weighted by Crippen LogP contribution is 2.34. The van der Waals surface area contributed by atoms with Gasteiger partial charge < -0.3 is 20.3 Å². The lowest BCUT2D eigenvalue weighted by Gasteiger charge is -2.32. The smallest absolute Gasteiger partial charge is 0.255 e. The summed E-state index contributed by atoms with van der Waals surface area (Å²) in [5.74, 6) is -1.25. The number of hydrogen-bond donors (Lipinski definition) is 1. The highest BCUT2D eigenvalue weighted by Gasteiger charge is 2.22. The monoisotopic (exact) mass is 487 g/mol. The molecule has 0 spiro atoms. The van der Waals surface area contributed by atoms with Crippen molar-refractivity contribution in [2.75, 3.05) is 39.0 Å². The summed E-state index contributed by atoms with van der Waals surface area (Å²) in [6, 6.07) is 6.98.